The van der Waals surface area contributed by atoms with Crippen molar-refractivity contribution >= 4 is 15.9 Å². The maximum absolute atomic E-state index is 13.4. The Balaban J connectivity index is 1.88. The van der Waals surface area contributed by atoms with Gasteiger partial charge in [0.25, 0.3) is 0 Å². The monoisotopic (exact) mass is 302 g/mol. The van der Waals surface area contributed by atoms with E-state index in [0.29, 0.717) is 16.8 Å². The molecule has 0 aromatic heterocycles. The molecule has 0 radical (unpaired) electrons. The molecule has 0 heterocycles. The molecule has 0 bridgehead atoms. The second-order valence-corrected chi connectivity index (χ2v) is 6.01. The van der Waals surface area contributed by atoms with Gasteiger partial charge in [-0.25, -0.2) is 8.78 Å². The highest BCUT2D eigenvalue weighted by atomic mass is 79.9. The summed E-state index contributed by atoms with van der Waals surface area (Å²) in [7, 11) is 0. The Hall–Kier alpha value is -0.440. The normalized spacial score (nSPS) is 18.5. The summed E-state index contributed by atoms with van der Waals surface area (Å²) < 4.78 is 26.2. The van der Waals surface area contributed by atoms with Crippen molar-refractivity contribution in [2.75, 3.05) is 0 Å². The van der Waals surface area contributed by atoms with Crippen molar-refractivity contribution in [3.8, 4) is 0 Å². The molecule has 1 aromatic carbocycles. The summed E-state index contributed by atoms with van der Waals surface area (Å²) in [4.78, 5) is 0.467. The van der Waals surface area contributed by atoms with Gasteiger partial charge in [0.15, 0.2) is 0 Å². The first kappa shape index (κ1) is 13.0. The lowest BCUT2D eigenvalue weighted by molar-refractivity contribution is 0.499. The molecule has 0 amide bonds. The van der Waals surface area contributed by atoms with E-state index in [9.17, 15) is 8.78 Å². The first-order valence-corrected chi connectivity index (χ1v) is 7.16. The first-order chi connectivity index (χ1) is 8.16. The zero-order chi connectivity index (χ0) is 12.3. The molecule has 1 atom stereocenters. The smallest absolute Gasteiger partial charge is 0.129 e. The summed E-state index contributed by atoms with van der Waals surface area (Å²) in [6, 6.07) is 3.85. The molecule has 0 nitrogen and oxygen atoms in total. The average molecular weight is 303 g/mol. The number of hydrogen-bond donors (Lipinski definition) is 0. The molecule has 1 aromatic rings. The molecule has 1 saturated carbocycles. The molecule has 17 heavy (non-hydrogen) atoms. The number of alkyl halides is 1. The average Bonchev–Trinajstić information content (AvgIpc) is 2.81. The standard InChI is InChI=1S/C14H17BrF2/c15-13(10-3-1-2-4-10)8-6-11-5-7-12(16)9-14(11)17/h5,7,9-10,13H,1-4,6,8H2. The lowest BCUT2D eigenvalue weighted by Crippen LogP contribution is -2.12. The predicted octanol–water partition coefficient (Wildman–Crippen LogP) is 4.85. The zero-order valence-electron chi connectivity index (χ0n) is 9.76. The van der Waals surface area contributed by atoms with E-state index in [1.807, 2.05) is 0 Å². The molecule has 1 aliphatic rings. The van der Waals surface area contributed by atoms with E-state index in [0.717, 1.165) is 18.4 Å². The number of benzene rings is 1. The second kappa shape index (κ2) is 5.94. The minimum Gasteiger partial charge on any atom is -0.207 e. The third-order valence-corrected chi connectivity index (χ3v) is 4.82. The van der Waals surface area contributed by atoms with Gasteiger partial charge < -0.3 is 0 Å². The zero-order valence-corrected chi connectivity index (χ0v) is 11.3. The van der Waals surface area contributed by atoms with Crippen molar-refractivity contribution in [3.63, 3.8) is 0 Å². The Labute approximate surface area is 110 Å². The van der Waals surface area contributed by atoms with Crippen LogP contribution in [0.25, 0.3) is 0 Å². The van der Waals surface area contributed by atoms with Crippen molar-refractivity contribution < 1.29 is 8.78 Å². The molecule has 0 saturated heterocycles. The predicted molar refractivity (Wildman–Crippen MR) is 69.4 cm³/mol. The number of rotatable bonds is 4. The molecular weight excluding hydrogens is 286 g/mol. The van der Waals surface area contributed by atoms with E-state index in [2.05, 4.69) is 15.9 Å². The van der Waals surface area contributed by atoms with Crippen LogP contribution >= 0.6 is 15.9 Å². The fourth-order valence-electron chi connectivity index (χ4n) is 2.57. The molecule has 0 spiro atoms. The lowest BCUT2D eigenvalue weighted by atomic mass is 9.98. The van der Waals surface area contributed by atoms with Crippen molar-refractivity contribution in [1.82, 2.24) is 0 Å². The van der Waals surface area contributed by atoms with E-state index >= 15 is 0 Å². The van der Waals surface area contributed by atoms with E-state index in [1.54, 1.807) is 6.07 Å². The highest BCUT2D eigenvalue weighted by molar-refractivity contribution is 9.09. The van der Waals surface area contributed by atoms with Crippen LogP contribution in [-0.2, 0) is 6.42 Å². The van der Waals surface area contributed by atoms with Crippen LogP contribution in [-0.4, -0.2) is 4.83 Å². The molecule has 1 unspecified atom stereocenters. The van der Waals surface area contributed by atoms with E-state index in [1.165, 1.54) is 31.7 Å². The van der Waals surface area contributed by atoms with Gasteiger partial charge in [-0.05, 0) is 43.2 Å². The fourth-order valence-corrected chi connectivity index (χ4v) is 3.33. The SMILES string of the molecule is Fc1ccc(CCC(Br)C2CCCC2)c(F)c1. The molecule has 3 heteroatoms. The highest BCUT2D eigenvalue weighted by Gasteiger charge is 2.22. The van der Waals surface area contributed by atoms with Crippen LogP contribution < -0.4 is 0 Å². The quantitative estimate of drug-likeness (QED) is 0.697. The Morgan fingerprint density at radius 1 is 1.24 bits per heavy atom. The van der Waals surface area contributed by atoms with Crippen molar-refractivity contribution in [2.45, 2.75) is 43.4 Å². The maximum atomic E-state index is 13.4. The van der Waals surface area contributed by atoms with Crippen LogP contribution in [0.2, 0.25) is 0 Å². The van der Waals surface area contributed by atoms with Crippen LogP contribution in [0.15, 0.2) is 18.2 Å². The summed E-state index contributed by atoms with van der Waals surface area (Å²) in [6.07, 6.45) is 6.80. The van der Waals surface area contributed by atoms with Crippen LogP contribution in [0.1, 0.15) is 37.7 Å². The maximum Gasteiger partial charge on any atom is 0.129 e. The number of hydrogen-bond acceptors (Lipinski definition) is 0. The minimum atomic E-state index is -0.502. The third kappa shape index (κ3) is 3.51. The van der Waals surface area contributed by atoms with Gasteiger partial charge in [-0.1, -0.05) is 34.8 Å². The van der Waals surface area contributed by atoms with Crippen LogP contribution in [0.4, 0.5) is 8.78 Å². The van der Waals surface area contributed by atoms with Gasteiger partial charge in [0.2, 0.25) is 0 Å². The largest absolute Gasteiger partial charge is 0.207 e. The summed E-state index contributed by atoms with van der Waals surface area (Å²) in [6.45, 7) is 0. The molecule has 1 aliphatic carbocycles. The number of halogens is 3. The van der Waals surface area contributed by atoms with E-state index in [-0.39, 0.29) is 0 Å². The van der Waals surface area contributed by atoms with Crippen molar-refractivity contribution in [2.24, 2.45) is 5.92 Å². The molecule has 0 aliphatic heterocycles. The summed E-state index contributed by atoms with van der Waals surface area (Å²) >= 11 is 3.70. The second-order valence-electron chi connectivity index (χ2n) is 4.83. The third-order valence-electron chi connectivity index (χ3n) is 3.62. The summed E-state index contributed by atoms with van der Waals surface area (Å²) in [5.41, 5.74) is 0.619. The van der Waals surface area contributed by atoms with Crippen LogP contribution in [0.3, 0.4) is 0 Å². The Kier molecular flexibility index (Phi) is 4.55. The highest BCUT2D eigenvalue weighted by Crippen LogP contribution is 2.33. The Morgan fingerprint density at radius 3 is 2.59 bits per heavy atom. The molecule has 94 valence electrons. The van der Waals surface area contributed by atoms with Gasteiger partial charge in [-0.2, -0.15) is 0 Å². The van der Waals surface area contributed by atoms with Gasteiger partial charge in [0.1, 0.15) is 11.6 Å². The van der Waals surface area contributed by atoms with E-state index < -0.39 is 11.6 Å². The number of aryl methyl sites for hydroxylation is 1. The van der Waals surface area contributed by atoms with Gasteiger partial charge in [-0.3, -0.25) is 0 Å². The topological polar surface area (TPSA) is 0 Å². The van der Waals surface area contributed by atoms with Crippen molar-refractivity contribution in [1.29, 1.82) is 0 Å². The minimum absolute atomic E-state index is 0.420. The van der Waals surface area contributed by atoms with Crippen LogP contribution in [0, 0.1) is 17.6 Å². The summed E-state index contributed by atoms with van der Waals surface area (Å²) in [5, 5.41) is 0. The molecular formula is C14H17BrF2. The van der Waals surface area contributed by atoms with Crippen LogP contribution in [0.5, 0.6) is 0 Å². The molecule has 0 N–H and O–H groups in total. The van der Waals surface area contributed by atoms with E-state index in [4.69, 9.17) is 0 Å². The van der Waals surface area contributed by atoms with Crippen molar-refractivity contribution in [3.05, 3.63) is 35.4 Å². The molecule has 1 fully saturated rings. The molecule has 2 rings (SSSR count). The van der Waals surface area contributed by atoms with Gasteiger partial charge in [0, 0.05) is 10.9 Å². The van der Waals surface area contributed by atoms with Gasteiger partial charge in [0.05, 0.1) is 0 Å². The Bertz CT molecular complexity index is 372. The lowest BCUT2D eigenvalue weighted by Gasteiger charge is -2.16. The fraction of sp³-hybridized carbons (Fsp3) is 0.571. The van der Waals surface area contributed by atoms with Gasteiger partial charge in [-0.15, -0.1) is 0 Å². The van der Waals surface area contributed by atoms with Gasteiger partial charge >= 0.3 is 0 Å². The Morgan fingerprint density at radius 2 is 1.94 bits per heavy atom. The summed E-state index contributed by atoms with van der Waals surface area (Å²) in [5.74, 6) is -0.188. The first-order valence-electron chi connectivity index (χ1n) is 6.25.